The van der Waals surface area contributed by atoms with Gasteiger partial charge in [-0.3, -0.25) is 9.59 Å². The third-order valence-electron chi connectivity index (χ3n) is 7.39. The Labute approximate surface area is 279 Å². The molecular formula is C38H49N3O6. The smallest absolute Gasteiger partial charge is 0.408 e. The van der Waals surface area contributed by atoms with E-state index in [1.54, 1.807) is 47.6 Å². The van der Waals surface area contributed by atoms with Crippen LogP contribution in [0.1, 0.15) is 75.4 Å². The summed E-state index contributed by atoms with van der Waals surface area (Å²) < 4.78 is 11.2. The molecule has 3 amide bonds. The molecule has 0 aliphatic rings. The predicted octanol–water partition coefficient (Wildman–Crippen LogP) is 6.01. The minimum Gasteiger partial charge on any atom is -0.458 e. The summed E-state index contributed by atoms with van der Waals surface area (Å²) >= 11 is 0. The van der Waals surface area contributed by atoms with Crippen molar-refractivity contribution in [2.75, 3.05) is 7.05 Å². The molecule has 0 fully saturated rings. The van der Waals surface area contributed by atoms with Crippen molar-refractivity contribution in [1.82, 2.24) is 15.5 Å². The summed E-state index contributed by atoms with van der Waals surface area (Å²) in [6, 6.07) is 20.9. The number of hydrogen-bond acceptors (Lipinski definition) is 6. The predicted molar refractivity (Wildman–Crippen MR) is 183 cm³/mol. The van der Waals surface area contributed by atoms with Gasteiger partial charge < -0.3 is 25.0 Å². The SMILES string of the molecule is Cc1ccc(C(C(=O)NC(Cc2ccccc2)C(=O)OC(C)(C)C)N(C)C(=O)C(Cc2ccccc2)NC(=O)OC(C)(C)C)cc1C. The maximum absolute atomic E-state index is 14.3. The number of likely N-dealkylation sites (N-methyl/N-ethyl adjacent to an activating group) is 1. The fourth-order valence-electron chi connectivity index (χ4n) is 5.02. The molecule has 0 saturated carbocycles. The van der Waals surface area contributed by atoms with Gasteiger partial charge in [0.2, 0.25) is 11.8 Å². The Kier molecular flexibility index (Phi) is 12.3. The average molecular weight is 644 g/mol. The lowest BCUT2D eigenvalue weighted by atomic mass is 9.97. The van der Waals surface area contributed by atoms with Gasteiger partial charge in [0.25, 0.3) is 0 Å². The number of alkyl carbamates (subject to hydrolysis) is 1. The molecule has 47 heavy (non-hydrogen) atoms. The monoisotopic (exact) mass is 643 g/mol. The number of nitrogens with one attached hydrogen (secondary N) is 2. The number of benzene rings is 3. The molecule has 3 unspecified atom stereocenters. The van der Waals surface area contributed by atoms with Crippen molar-refractivity contribution in [3.8, 4) is 0 Å². The van der Waals surface area contributed by atoms with Crippen LogP contribution in [0.3, 0.4) is 0 Å². The molecule has 252 valence electrons. The first kappa shape index (κ1) is 36.8. The third kappa shape index (κ3) is 11.6. The summed E-state index contributed by atoms with van der Waals surface area (Å²) in [5, 5.41) is 5.63. The van der Waals surface area contributed by atoms with E-state index >= 15 is 0 Å². The number of amides is 3. The van der Waals surface area contributed by atoms with Crippen LogP contribution in [-0.2, 0) is 36.7 Å². The summed E-state index contributed by atoms with van der Waals surface area (Å²) in [5.41, 5.74) is 2.59. The van der Waals surface area contributed by atoms with Crippen LogP contribution >= 0.6 is 0 Å². The lowest BCUT2D eigenvalue weighted by molar-refractivity contribution is -0.159. The molecule has 3 atom stereocenters. The number of esters is 1. The van der Waals surface area contributed by atoms with Crippen LogP contribution < -0.4 is 10.6 Å². The number of carbonyl (C=O) groups excluding carboxylic acids is 4. The summed E-state index contributed by atoms with van der Waals surface area (Å²) in [7, 11) is 1.52. The Morgan fingerprint density at radius 2 is 1.19 bits per heavy atom. The van der Waals surface area contributed by atoms with Gasteiger partial charge in [0, 0.05) is 19.9 Å². The van der Waals surface area contributed by atoms with Crippen LogP contribution in [0.5, 0.6) is 0 Å². The van der Waals surface area contributed by atoms with E-state index in [2.05, 4.69) is 10.6 Å². The lowest BCUT2D eigenvalue weighted by Gasteiger charge is -2.33. The van der Waals surface area contributed by atoms with E-state index in [1.165, 1.54) is 11.9 Å². The van der Waals surface area contributed by atoms with Crippen LogP contribution in [0.2, 0.25) is 0 Å². The highest BCUT2D eigenvalue weighted by Gasteiger charge is 2.37. The van der Waals surface area contributed by atoms with E-state index in [0.717, 1.165) is 22.3 Å². The van der Waals surface area contributed by atoms with Gasteiger partial charge in [0.15, 0.2) is 0 Å². The molecular weight excluding hydrogens is 594 g/mol. The minimum absolute atomic E-state index is 0.166. The van der Waals surface area contributed by atoms with Gasteiger partial charge >= 0.3 is 12.1 Å². The van der Waals surface area contributed by atoms with Crippen molar-refractivity contribution in [2.24, 2.45) is 0 Å². The Morgan fingerprint density at radius 3 is 1.68 bits per heavy atom. The molecule has 0 saturated heterocycles. The van der Waals surface area contributed by atoms with Gasteiger partial charge in [-0.1, -0.05) is 78.9 Å². The van der Waals surface area contributed by atoms with Crippen molar-refractivity contribution < 1.29 is 28.7 Å². The molecule has 0 radical (unpaired) electrons. The first-order chi connectivity index (χ1) is 21.9. The fourth-order valence-corrected chi connectivity index (χ4v) is 5.02. The molecule has 9 nitrogen and oxygen atoms in total. The first-order valence-electron chi connectivity index (χ1n) is 15.9. The normalized spacial score (nSPS) is 13.5. The van der Waals surface area contributed by atoms with Crippen LogP contribution in [0.4, 0.5) is 4.79 Å². The highest BCUT2D eigenvalue weighted by atomic mass is 16.6. The standard InChI is InChI=1S/C38H49N3O6/c1-25-20-21-29(22-26(25)2)32(33(42)39-31(35(44)46-37(3,4)5)24-28-18-14-11-15-19-28)41(9)34(43)30(23-27-16-12-10-13-17-27)40-36(45)47-38(6,7)8/h10-22,30-32H,23-24H2,1-9H3,(H,39,42)(H,40,45). The van der Waals surface area contributed by atoms with Crippen molar-refractivity contribution >= 4 is 23.9 Å². The highest BCUT2D eigenvalue weighted by molar-refractivity contribution is 5.94. The van der Waals surface area contributed by atoms with Gasteiger partial charge in [-0.05, 0) is 83.2 Å². The van der Waals surface area contributed by atoms with Crippen LogP contribution in [0.15, 0.2) is 78.9 Å². The summed E-state index contributed by atoms with van der Waals surface area (Å²) in [4.78, 5) is 56.3. The first-order valence-corrected chi connectivity index (χ1v) is 15.9. The van der Waals surface area contributed by atoms with Crippen molar-refractivity contribution in [3.63, 3.8) is 0 Å². The second-order valence-electron chi connectivity index (χ2n) is 13.9. The fraction of sp³-hybridized carbons (Fsp3) is 0.421. The summed E-state index contributed by atoms with van der Waals surface area (Å²) in [5.74, 6) is -1.65. The Balaban J connectivity index is 2.02. The van der Waals surface area contributed by atoms with Gasteiger partial charge in [-0.15, -0.1) is 0 Å². The summed E-state index contributed by atoms with van der Waals surface area (Å²) in [6.45, 7) is 14.4. The van der Waals surface area contributed by atoms with Crippen molar-refractivity contribution in [3.05, 3.63) is 107 Å². The molecule has 3 aromatic carbocycles. The molecule has 3 aromatic rings. The van der Waals surface area contributed by atoms with E-state index in [9.17, 15) is 19.2 Å². The molecule has 0 heterocycles. The number of nitrogens with zero attached hydrogens (tertiary/aromatic N) is 1. The van der Waals surface area contributed by atoms with Gasteiger partial charge in [-0.25, -0.2) is 9.59 Å². The molecule has 2 N–H and O–H groups in total. The van der Waals surface area contributed by atoms with E-state index in [0.29, 0.717) is 5.56 Å². The second kappa shape index (κ2) is 15.8. The Morgan fingerprint density at radius 1 is 0.681 bits per heavy atom. The van der Waals surface area contributed by atoms with E-state index in [4.69, 9.17) is 9.47 Å². The van der Waals surface area contributed by atoms with Crippen molar-refractivity contribution in [1.29, 1.82) is 0 Å². The number of carbonyl (C=O) groups is 4. The number of hydrogen-bond donors (Lipinski definition) is 2. The number of ether oxygens (including phenoxy) is 2. The molecule has 0 aliphatic carbocycles. The zero-order valence-electron chi connectivity index (χ0n) is 29.0. The van der Waals surface area contributed by atoms with Gasteiger partial charge in [0.05, 0.1) is 0 Å². The number of aryl methyl sites for hydroxylation is 2. The molecule has 0 aliphatic heterocycles. The Bertz CT molecular complexity index is 1530. The van der Waals surface area contributed by atoms with Crippen LogP contribution in [-0.4, -0.2) is 59.1 Å². The van der Waals surface area contributed by atoms with E-state index < -0.39 is 53.2 Å². The largest absolute Gasteiger partial charge is 0.458 e. The minimum atomic E-state index is -1.14. The van der Waals surface area contributed by atoms with E-state index in [-0.39, 0.29) is 12.8 Å². The van der Waals surface area contributed by atoms with Crippen LogP contribution in [0.25, 0.3) is 0 Å². The third-order valence-corrected chi connectivity index (χ3v) is 7.39. The quantitative estimate of drug-likeness (QED) is 0.248. The maximum Gasteiger partial charge on any atom is 0.408 e. The average Bonchev–Trinajstić information content (AvgIpc) is 2.97. The molecule has 9 heteroatoms. The number of rotatable bonds is 11. The molecule has 0 spiro atoms. The maximum atomic E-state index is 14.3. The highest BCUT2D eigenvalue weighted by Crippen LogP contribution is 2.25. The second-order valence-corrected chi connectivity index (χ2v) is 13.9. The zero-order valence-corrected chi connectivity index (χ0v) is 29.0. The summed E-state index contributed by atoms with van der Waals surface area (Å²) in [6.07, 6.45) is -0.394. The van der Waals surface area contributed by atoms with Crippen LogP contribution in [0, 0.1) is 13.8 Å². The Hall–Kier alpha value is -4.66. The lowest BCUT2D eigenvalue weighted by Crippen LogP contribution is -2.54. The molecule has 3 rings (SSSR count). The van der Waals surface area contributed by atoms with Crippen molar-refractivity contribution in [2.45, 2.75) is 97.6 Å². The van der Waals surface area contributed by atoms with Gasteiger partial charge in [0.1, 0.15) is 29.3 Å². The zero-order chi connectivity index (χ0) is 34.9. The topological polar surface area (TPSA) is 114 Å². The molecule has 0 aromatic heterocycles. The van der Waals surface area contributed by atoms with E-state index in [1.807, 2.05) is 86.6 Å². The molecule has 0 bridgehead atoms. The van der Waals surface area contributed by atoms with Gasteiger partial charge in [-0.2, -0.15) is 0 Å².